The summed E-state index contributed by atoms with van der Waals surface area (Å²) in [5.74, 6) is 3.51. The number of fused-ring (bicyclic) bond motifs is 1. The Labute approximate surface area is 213 Å². The maximum atomic E-state index is 9.38. The van der Waals surface area contributed by atoms with E-state index in [1.165, 1.54) is 0 Å². The van der Waals surface area contributed by atoms with Crippen molar-refractivity contribution in [1.82, 2.24) is 19.5 Å². The van der Waals surface area contributed by atoms with Crippen molar-refractivity contribution >= 4 is 27.4 Å². The van der Waals surface area contributed by atoms with Crippen LogP contribution in [-0.2, 0) is 7.05 Å². The molecule has 3 aromatic heterocycles. The predicted molar refractivity (Wildman–Crippen MR) is 144 cm³/mol. The molecule has 5 aromatic rings. The van der Waals surface area contributed by atoms with Crippen molar-refractivity contribution in [2.45, 2.75) is 6.42 Å². The molecule has 0 atom stereocenters. The molecule has 0 saturated heterocycles. The molecular weight excluding hydrogens is 474 g/mol. The molecule has 3 heterocycles. The van der Waals surface area contributed by atoms with Crippen LogP contribution in [0.15, 0.2) is 60.9 Å². The lowest BCUT2D eigenvalue weighted by Gasteiger charge is -2.12. The zero-order valence-corrected chi connectivity index (χ0v) is 21.2. The standard InChI is InChI=1S/C27H27N5O3S/c1-32-14-13-29-26(32)25-30-24(28-12-5-15-33)22-21(17-8-10-19(34-2)11-9-17)23(36-27(22)31-25)18-6-4-7-20(16-18)35-3/h4,6-11,13-14,16,33H,5,12,15H2,1-3H3,(H,28,30,31). The summed E-state index contributed by atoms with van der Waals surface area (Å²) in [5, 5.41) is 13.7. The maximum Gasteiger partial charge on any atom is 0.199 e. The van der Waals surface area contributed by atoms with Crippen LogP contribution in [0.2, 0.25) is 0 Å². The van der Waals surface area contributed by atoms with E-state index in [9.17, 15) is 5.11 Å². The van der Waals surface area contributed by atoms with E-state index in [-0.39, 0.29) is 6.61 Å². The molecule has 0 aliphatic rings. The number of thiophene rings is 1. The number of benzene rings is 2. The Bertz CT molecular complexity index is 1490. The molecule has 0 fully saturated rings. The lowest BCUT2D eigenvalue weighted by Crippen LogP contribution is -2.07. The molecule has 0 spiro atoms. The molecule has 0 saturated carbocycles. The lowest BCUT2D eigenvalue weighted by atomic mass is 9.99. The summed E-state index contributed by atoms with van der Waals surface area (Å²) < 4.78 is 12.8. The minimum atomic E-state index is 0.0947. The first-order valence-electron chi connectivity index (χ1n) is 11.6. The van der Waals surface area contributed by atoms with E-state index in [1.54, 1.807) is 31.8 Å². The van der Waals surface area contributed by atoms with Crippen molar-refractivity contribution in [2.24, 2.45) is 7.05 Å². The normalized spacial score (nSPS) is 11.1. The summed E-state index contributed by atoms with van der Waals surface area (Å²) in [7, 11) is 5.25. The van der Waals surface area contributed by atoms with Crippen LogP contribution in [0.25, 0.3) is 43.4 Å². The summed E-state index contributed by atoms with van der Waals surface area (Å²) >= 11 is 1.61. The minimum Gasteiger partial charge on any atom is -0.497 e. The second-order valence-electron chi connectivity index (χ2n) is 8.21. The molecule has 0 aliphatic carbocycles. The summed E-state index contributed by atoms with van der Waals surface area (Å²) in [4.78, 5) is 16.2. The second kappa shape index (κ2) is 10.3. The smallest absolute Gasteiger partial charge is 0.199 e. The van der Waals surface area contributed by atoms with Crippen molar-refractivity contribution in [1.29, 1.82) is 0 Å². The molecule has 184 valence electrons. The van der Waals surface area contributed by atoms with Crippen molar-refractivity contribution < 1.29 is 14.6 Å². The van der Waals surface area contributed by atoms with Gasteiger partial charge in [-0.25, -0.2) is 15.0 Å². The molecule has 8 nitrogen and oxygen atoms in total. The van der Waals surface area contributed by atoms with Crippen LogP contribution in [0.4, 0.5) is 5.82 Å². The summed E-state index contributed by atoms with van der Waals surface area (Å²) in [6.07, 6.45) is 4.22. The van der Waals surface area contributed by atoms with Gasteiger partial charge in [0.15, 0.2) is 11.6 Å². The summed E-state index contributed by atoms with van der Waals surface area (Å²) in [5.41, 5.74) is 3.09. The molecule has 0 bridgehead atoms. The summed E-state index contributed by atoms with van der Waals surface area (Å²) in [6, 6.07) is 16.0. The molecule has 2 N–H and O–H groups in total. The zero-order chi connectivity index (χ0) is 25.1. The van der Waals surface area contributed by atoms with E-state index >= 15 is 0 Å². The minimum absolute atomic E-state index is 0.0947. The van der Waals surface area contributed by atoms with Crippen LogP contribution in [0.3, 0.4) is 0 Å². The van der Waals surface area contributed by atoms with Gasteiger partial charge in [-0.1, -0.05) is 24.3 Å². The number of aliphatic hydroxyl groups is 1. The number of ether oxygens (including phenoxy) is 2. The van der Waals surface area contributed by atoms with Gasteiger partial charge >= 0.3 is 0 Å². The fourth-order valence-corrected chi connectivity index (χ4v) is 5.29. The molecule has 9 heteroatoms. The third-order valence-corrected chi connectivity index (χ3v) is 7.04. The van der Waals surface area contributed by atoms with Gasteiger partial charge in [0.25, 0.3) is 0 Å². The first-order chi connectivity index (χ1) is 17.6. The van der Waals surface area contributed by atoms with E-state index in [0.717, 1.165) is 43.3 Å². The van der Waals surface area contributed by atoms with Crippen LogP contribution in [0.1, 0.15) is 6.42 Å². The van der Waals surface area contributed by atoms with Gasteiger partial charge < -0.3 is 24.5 Å². The highest BCUT2D eigenvalue weighted by Gasteiger charge is 2.23. The number of hydrogen-bond donors (Lipinski definition) is 2. The number of aromatic nitrogens is 4. The third kappa shape index (κ3) is 4.50. The molecule has 0 unspecified atom stereocenters. The van der Waals surface area contributed by atoms with Crippen LogP contribution >= 0.6 is 11.3 Å². The quantitative estimate of drug-likeness (QED) is 0.267. The number of imidazole rings is 1. The van der Waals surface area contributed by atoms with Gasteiger partial charge in [-0.05, 0) is 41.8 Å². The second-order valence-corrected chi connectivity index (χ2v) is 9.21. The number of aryl methyl sites for hydroxylation is 1. The molecule has 2 aromatic carbocycles. The third-order valence-electron chi connectivity index (χ3n) is 5.91. The van der Waals surface area contributed by atoms with Crippen LogP contribution in [0.5, 0.6) is 11.5 Å². The molecule has 0 amide bonds. The zero-order valence-electron chi connectivity index (χ0n) is 20.4. The van der Waals surface area contributed by atoms with E-state index in [4.69, 9.17) is 19.4 Å². The maximum absolute atomic E-state index is 9.38. The van der Waals surface area contributed by atoms with Gasteiger partial charge in [0.2, 0.25) is 0 Å². The largest absolute Gasteiger partial charge is 0.497 e. The average Bonchev–Trinajstić information content (AvgIpc) is 3.52. The fraction of sp³-hybridized carbons (Fsp3) is 0.222. The van der Waals surface area contributed by atoms with Gasteiger partial charge in [0.1, 0.15) is 22.1 Å². The number of hydrogen-bond acceptors (Lipinski definition) is 8. The van der Waals surface area contributed by atoms with Crippen molar-refractivity contribution in [2.75, 3.05) is 32.7 Å². The Kier molecular flexibility index (Phi) is 6.84. The predicted octanol–water partition coefficient (Wildman–Crippen LogP) is 5.24. The van der Waals surface area contributed by atoms with Gasteiger partial charge in [-0.3, -0.25) is 0 Å². The highest BCUT2D eigenvalue weighted by molar-refractivity contribution is 7.22. The van der Waals surface area contributed by atoms with Crippen molar-refractivity contribution in [3.05, 3.63) is 60.9 Å². The first-order valence-corrected chi connectivity index (χ1v) is 12.4. The number of nitrogens with one attached hydrogen (secondary N) is 1. The highest BCUT2D eigenvalue weighted by atomic mass is 32.1. The topological polar surface area (TPSA) is 94.3 Å². The van der Waals surface area contributed by atoms with Crippen molar-refractivity contribution in [3.8, 4) is 44.7 Å². The van der Waals surface area contributed by atoms with E-state index < -0.39 is 0 Å². The Morgan fingerprint density at radius 2 is 1.81 bits per heavy atom. The van der Waals surface area contributed by atoms with Crippen LogP contribution in [0, 0.1) is 0 Å². The Balaban J connectivity index is 1.80. The Hall–Kier alpha value is -3.95. The number of aliphatic hydroxyl groups excluding tert-OH is 1. The SMILES string of the molecule is COc1ccc(-c2c(-c3cccc(OC)c3)sc3nc(-c4nccn4C)nc(NCCCO)c23)cc1. The molecule has 0 aliphatic heterocycles. The summed E-state index contributed by atoms with van der Waals surface area (Å²) in [6.45, 7) is 0.673. The van der Waals surface area contributed by atoms with Gasteiger partial charge in [-0.15, -0.1) is 11.3 Å². The number of rotatable bonds is 9. The van der Waals surface area contributed by atoms with E-state index in [1.807, 2.05) is 60.3 Å². The number of nitrogens with zero attached hydrogens (tertiary/aromatic N) is 4. The van der Waals surface area contributed by atoms with E-state index in [2.05, 4.69) is 16.4 Å². The van der Waals surface area contributed by atoms with Gasteiger partial charge in [0.05, 0.1) is 19.6 Å². The van der Waals surface area contributed by atoms with Gasteiger partial charge in [-0.2, -0.15) is 0 Å². The number of anilines is 1. The molecular formula is C27H27N5O3S. The van der Waals surface area contributed by atoms with Gasteiger partial charge in [0, 0.05) is 43.0 Å². The lowest BCUT2D eigenvalue weighted by molar-refractivity contribution is 0.292. The number of methoxy groups -OCH3 is 2. The fourth-order valence-electron chi connectivity index (χ4n) is 4.10. The Morgan fingerprint density at radius 1 is 1.00 bits per heavy atom. The first kappa shape index (κ1) is 23.8. The van der Waals surface area contributed by atoms with Crippen LogP contribution < -0.4 is 14.8 Å². The Morgan fingerprint density at radius 3 is 2.50 bits per heavy atom. The monoisotopic (exact) mass is 501 g/mol. The van der Waals surface area contributed by atoms with Crippen LogP contribution in [-0.4, -0.2) is 52.0 Å². The van der Waals surface area contributed by atoms with E-state index in [0.29, 0.717) is 30.4 Å². The van der Waals surface area contributed by atoms with Crippen molar-refractivity contribution in [3.63, 3.8) is 0 Å². The highest BCUT2D eigenvalue weighted by Crippen LogP contribution is 2.47. The molecule has 0 radical (unpaired) electrons. The molecule has 5 rings (SSSR count). The molecule has 36 heavy (non-hydrogen) atoms. The average molecular weight is 502 g/mol.